The molecular weight excluding hydrogens is 352 g/mol. The number of hydrogen-bond acceptors (Lipinski definition) is 8. The van der Waals surface area contributed by atoms with Crippen molar-refractivity contribution >= 4 is 46.9 Å². The van der Waals surface area contributed by atoms with Crippen LogP contribution in [0.1, 0.15) is 12.7 Å². The maximum atomic E-state index is 12.2. The van der Waals surface area contributed by atoms with Gasteiger partial charge in [-0.15, -0.1) is 11.8 Å². The minimum absolute atomic E-state index is 0.0584. The molecule has 2 rings (SSSR count). The number of nitrogens with one attached hydrogen (secondary N) is 1. The van der Waals surface area contributed by atoms with E-state index in [-0.39, 0.29) is 23.1 Å². The molecule has 0 spiro atoms. The molecule has 10 heteroatoms. The van der Waals surface area contributed by atoms with E-state index in [1.54, 1.807) is 25.1 Å². The van der Waals surface area contributed by atoms with Crippen molar-refractivity contribution in [3.63, 3.8) is 0 Å². The normalized spacial score (nSPS) is 11.8. The van der Waals surface area contributed by atoms with Crippen molar-refractivity contribution < 1.29 is 9.53 Å². The van der Waals surface area contributed by atoms with E-state index in [1.807, 2.05) is 0 Å². The third-order valence-electron chi connectivity index (χ3n) is 2.97. The molecule has 8 nitrogen and oxygen atoms in total. The monoisotopic (exact) mass is 368 g/mol. The molecule has 1 aromatic carbocycles. The van der Waals surface area contributed by atoms with Crippen molar-refractivity contribution in [2.24, 2.45) is 0 Å². The number of carbonyl (C=O) groups excluding carboxylic acids is 1. The third kappa shape index (κ3) is 4.87. The first kappa shape index (κ1) is 18.1. The highest BCUT2D eigenvalue weighted by Crippen LogP contribution is 2.27. The first-order valence-electron chi connectivity index (χ1n) is 6.91. The van der Waals surface area contributed by atoms with Gasteiger partial charge in [-0.25, -0.2) is 0 Å². The molecule has 0 aliphatic rings. The topological polar surface area (TPSA) is 129 Å². The van der Waals surface area contributed by atoms with E-state index in [2.05, 4.69) is 20.3 Å². The lowest BCUT2D eigenvalue weighted by Crippen LogP contribution is -2.22. The third-order valence-corrected chi connectivity index (χ3v) is 4.40. The number of halogens is 1. The van der Waals surface area contributed by atoms with Gasteiger partial charge in [-0.1, -0.05) is 11.6 Å². The van der Waals surface area contributed by atoms with Gasteiger partial charge in [0.15, 0.2) is 0 Å². The summed E-state index contributed by atoms with van der Waals surface area (Å²) >= 11 is 7.39. The van der Waals surface area contributed by atoms with Crippen LogP contribution in [0.2, 0.25) is 5.02 Å². The van der Waals surface area contributed by atoms with Crippen LogP contribution in [0.3, 0.4) is 0 Å². The summed E-state index contributed by atoms with van der Waals surface area (Å²) in [5, 5.41) is 2.87. The summed E-state index contributed by atoms with van der Waals surface area (Å²) in [7, 11) is 1.53. The number of hydrogen-bond donors (Lipinski definition) is 3. The van der Waals surface area contributed by atoms with Gasteiger partial charge in [-0.05, 0) is 25.1 Å². The molecule has 128 valence electrons. The fourth-order valence-corrected chi connectivity index (χ4v) is 2.78. The molecule has 5 N–H and O–H groups in total. The Hall–Kier alpha value is -2.26. The molecule has 0 saturated heterocycles. The van der Waals surface area contributed by atoms with Crippen molar-refractivity contribution in [3.8, 4) is 5.75 Å². The van der Waals surface area contributed by atoms with Crippen molar-refractivity contribution in [1.29, 1.82) is 0 Å². The Morgan fingerprint density at radius 2 is 2.00 bits per heavy atom. The Balaban J connectivity index is 1.93. The number of carbonyl (C=O) groups is 1. The van der Waals surface area contributed by atoms with Crippen LogP contribution in [0.25, 0.3) is 0 Å². The van der Waals surface area contributed by atoms with Crippen molar-refractivity contribution in [3.05, 3.63) is 29.0 Å². The molecule has 2 aromatic rings. The number of nitrogens with zero attached hydrogens (tertiary/aromatic N) is 3. The summed E-state index contributed by atoms with van der Waals surface area (Å²) < 4.78 is 5.07. The van der Waals surface area contributed by atoms with E-state index in [0.717, 1.165) is 0 Å². The number of nitrogens with two attached hydrogens (primary N) is 2. The fourth-order valence-electron chi connectivity index (χ4n) is 1.78. The minimum Gasteiger partial charge on any atom is -0.495 e. The Bertz CT molecular complexity index is 725. The average molecular weight is 369 g/mol. The molecule has 1 heterocycles. The Morgan fingerprint density at radius 1 is 1.33 bits per heavy atom. The average Bonchev–Trinajstić information content (AvgIpc) is 2.52. The maximum Gasteiger partial charge on any atom is 0.237 e. The van der Waals surface area contributed by atoms with Crippen LogP contribution in [0.5, 0.6) is 5.75 Å². The molecule has 0 bridgehead atoms. The Labute approximate surface area is 148 Å². The molecule has 1 atom stereocenters. The minimum atomic E-state index is -0.343. The van der Waals surface area contributed by atoms with E-state index in [1.165, 1.54) is 18.9 Å². The highest BCUT2D eigenvalue weighted by atomic mass is 35.5. The summed E-state index contributed by atoms with van der Waals surface area (Å²) in [6.07, 6.45) is 0. The van der Waals surface area contributed by atoms with Gasteiger partial charge >= 0.3 is 0 Å². The number of nitrogen functional groups attached to an aromatic ring is 2. The van der Waals surface area contributed by atoms with E-state index in [0.29, 0.717) is 28.0 Å². The molecule has 24 heavy (non-hydrogen) atoms. The number of rotatable bonds is 6. The highest BCUT2D eigenvalue weighted by Gasteiger charge is 2.15. The van der Waals surface area contributed by atoms with Gasteiger partial charge in [-0.2, -0.15) is 15.0 Å². The van der Waals surface area contributed by atoms with Crippen LogP contribution in [0.4, 0.5) is 17.6 Å². The summed E-state index contributed by atoms with van der Waals surface area (Å²) in [6.45, 7) is 1.78. The zero-order valence-corrected chi connectivity index (χ0v) is 14.7. The largest absolute Gasteiger partial charge is 0.495 e. The van der Waals surface area contributed by atoms with E-state index in [9.17, 15) is 4.79 Å². The van der Waals surface area contributed by atoms with Crippen LogP contribution in [0, 0.1) is 0 Å². The van der Waals surface area contributed by atoms with Gasteiger partial charge in [0.05, 0.1) is 23.1 Å². The quantitative estimate of drug-likeness (QED) is 0.705. The number of methoxy groups -OCH3 is 1. The number of anilines is 3. The first-order chi connectivity index (χ1) is 11.4. The van der Waals surface area contributed by atoms with Gasteiger partial charge in [0.25, 0.3) is 0 Å². The number of thioether (sulfide) groups is 1. The first-order valence-corrected chi connectivity index (χ1v) is 8.33. The Kier molecular flexibility index (Phi) is 6.04. The lowest BCUT2D eigenvalue weighted by molar-refractivity contribution is -0.115. The predicted molar refractivity (Wildman–Crippen MR) is 96.0 cm³/mol. The zero-order valence-electron chi connectivity index (χ0n) is 13.1. The van der Waals surface area contributed by atoms with Crippen molar-refractivity contribution in [2.75, 3.05) is 23.9 Å². The molecule has 1 aromatic heterocycles. The second kappa shape index (κ2) is 8.02. The van der Waals surface area contributed by atoms with Gasteiger partial charge < -0.3 is 21.5 Å². The van der Waals surface area contributed by atoms with Crippen LogP contribution in [-0.4, -0.2) is 33.2 Å². The van der Waals surface area contributed by atoms with Crippen molar-refractivity contribution in [2.45, 2.75) is 17.9 Å². The van der Waals surface area contributed by atoms with Gasteiger partial charge in [0.2, 0.25) is 17.8 Å². The molecule has 0 radical (unpaired) electrons. The molecule has 0 aliphatic heterocycles. The zero-order chi connectivity index (χ0) is 17.7. The lowest BCUT2D eigenvalue weighted by atomic mass is 10.3. The highest BCUT2D eigenvalue weighted by molar-refractivity contribution is 7.99. The predicted octanol–water partition coefficient (Wildman–Crippen LogP) is 1.96. The summed E-state index contributed by atoms with van der Waals surface area (Å²) in [5.41, 5.74) is 11.6. The molecule has 1 unspecified atom stereocenters. The van der Waals surface area contributed by atoms with Gasteiger partial charge in [-0.3, -0.25) is 4.79 Å². The lowest BCUT2D eigenvalue weighted by Gasteiger charge is -2.12. The van der Waals surface area contributed by atoms with E-state index < -0.39 is 0 Å². The number of amides is 1. The molecule has 0 aliphatic carbocycles. The molecular formula is C14H17ClN6O2S. The number of ether oxygens (including phenoxy) is 1. The standard InChI is InChI=1S/C14H17ClN6O2S/c1-7(24-6-11-19-13(16)21-14(17)20-11)12(22)18-8-3-4-10(23-2)9(15)5-8/h3-5,7H,6H2,1-2H3,(H,18,22)(H4,16,17,19,20,21). The SMILES string of the molecule is COc1ccc(NC(=O)C(C)SCc2nc(N)nc(N)n2)cc1Cl. The van der Waals surface area contributed by atoms with Gasteiger partial charge in [0.1, 0.15) is 11.6 Å². The molecule has 0 saturated carbocycles. The number of benzene rings is 1. The van der Waals surface area contributed by atoms with E-state index >= 15 is 0 Å². The fraction of sp³-hybridized carbons (Fsp3) is 0.286. The maximum absolute atomic E-state index is 12.2. The van der Waals surface area contributed by atoms with Gasteiger partial charge in [0, 0.05) is 5.69 Å². The van der Waals surface area contributed by atoms with E-state index in [4.69, 9.17) is 27.8 Å². The summed E-state index contributed by atoms with van der Waals surface area (Å²) in [6, 6.07) is 5.03. The molecule has 1 amide bonds. The Morgan fingerprint density at radius 3 is 2.58 bits per heavy atom. The van der Waals surface area contributed by atoms with Crippen LogP contribution < -0.4 is 21.5 Å². The second-order valence-corrected chi connectivity index (χ2v) is 6.50. The smallest absolute Gasteiger partial charge is 0.237 e. The summed E-state index contributed by atoms with van der Waals surface area (Å²) in [4.78, 5) is 23.9. The number of aromatic nitrogens is 3. The van der Waals surface area contributed by atoms with Crippen LogP contribution in [-0.2, 0) is 10.5 Å². The van der Waals surface area contributed by atoms with Crippen molar-refractivity contribution in [1.82, 2.24) is 15.0 Å². The van der Waals surface area contributed by atoms with Crippen LogP contribution in [0.15, 0.2) is 18.2 Å². The van der Waals surface area contributed by atoms with Crippen LogP contribution >= 0.6 is 23.4 Å². The second-order valence-electron chi connectivity index (χ2n) is 4.76. The molecule has 0 fully saturated rings. The summed E-state index contributed by atoms with van der Waals surface area (Å²) in [5.74, 6) is 1.30.